The fourth-order valence-corrected chi connectivity index (χ4v) is 2.50. The van der Waals surface area contributed by atoms with Crippen molar-refractivity contribution in [3.05, 3.63) is 117 Å². The summed E-state index contributed by atoms with van der Waals surface area (Å²) in [5, 5.41) is 14.5. The molecule has 4 aromatic heterocycles. The van der Waals surface area contributed by atoms with Crippen LogP contribution in [0.1, 0.15) is 0 Å². The summed E-state index contributed by atoms with van der Waals surface area (Å²) >= 11 is 0. The number of rotatable bonds is 3. The molecule has 8 heteroatoms. The Labute approximate surface area is 194 Å². The van der Waals surface area contributed by atoms with Crippen LogP contribution >= 0.6 is 0 Å². The molecule has 0 bridgehead atoms. The molecular formula is C23H16IrN7. The molecule has 0 fully saturated rings. The zero-order valence-electron chi connectivity index (χ0n) is 16.2. The van der Waals surface area contributed by atoms with Crippen LogP contribution in [0, 0.1) is 24.0 Å². The predicted octanol–water partition coefficient (Wildman–Crippen LogP) is 3.90. The third kappa shape index (κ3) is 6.54. The number of aromatic nitrogens is 6. The normalized spacial score (nSPS) is 9.23. The Kier molecular flexibility index (Phi) is 9.50. The van der Waals surface area contributed by atoms with E-state index in [-0.39, 0.29) is 20.1 Å². The van der Waals surface area contributed by atoms with Gasteiger partial charge in [0.2, 0.25) is 0 Å². The average molecular weight is 583 g/mol. The third-order valence-electron chi connectivity index (χ3n) is 3.80. The third-order valence-corrected chi connectivity index (χ3v) is 3.80. The van der Waals surface area contributed by atoms with Crippen molar-refractivity contribution in [2.75, 3.05) is 0 Å². The van der Waals surface area contributed by atoms with Gasteiger partial charge >= 0.3 is 20.1 Å². The second-order valence-corrected chi connectivity index (χ2v) is 5.70. The van der Waals surface area contributed by atoms with E-state index >= 15 is 0 Å². The van der Waals surface area contributed by atoms with E-state index in [0.717, 1.165) is 22.6 Å². The average Bonchev–Trinajstić information content (AvgIpc) is 3.57. The Morgan fingerprint density at radius 1 is 0.774 bits per heavy atom. The fraction of sp³-hybridized carbons (Fsp3) is 0. The molecule has 0 saturated carbocycles. The molecule has 5 rings (SSSR count). The Balaban J connectivity index is 0.000000205. The summed E-state index contributed by atoms with van der Waals surface area (Å²) in [7, 11) is 0. The van der Waals surface area contributed by atoms with Gasteiger partial charge in [0, 0.05) is 31.0 Å². The molecule has 0 atom stereocenters. The van der Waals surface area contributed by atoms with Crippen LogP contribution in [0.15, 0.2) is 98.0 Å². The van der Waals surface area contributed by atoms with Crippen LogP contribution in [0.5, 0.6) is 0 Å². The molecule has 0 radical (unpaired) electrons. The van der Waals surface area contributed by atoms with Gasteiger partial charge < -0.3 is 21.8 Å². The maximum absolute atomic E-state index is 6.25. The van der Waals surface area contributed by atoms with Crippen LogP contribution in [0.4, 0.5) is 0 Å². The van der Waals surface area contributed by atoms with Gasteiger partial charge in [-0.3, -0.25) is 9.36 Å². The first-order chi connectivity index (χ1) is 14.9. The van der Waals surface area contributed by atoms with Gasteiger partial charge in [0.1, 0.15) is 0 Å². The number of benzene rings is 1. The molecule has 1 aromatic carbocycles. The molecule has 0 N–H and O–H groups in total. The molecule has 31 heavy (non-hydrogen) atoms. The molecule has 4 heterocycles. The number of nitrogens with zero attached hydrogens (tertiary/aromatic N) is 7. The quantitative estimate of drug-likeness (QED) is 0.302. The zero-order chi connectivity index (χ0) is 21.0. The summed E-state index contributed by atoms with van der Waals surface area (Å²) < 4.78 is 3.42. The first kappa shape index (κ1) is 23.4. The maximum Gasteiger partial charge on any atom is 3.00 e. The zero-order valence-corrected chi connectivity index (χ0v) is 18.6. The van der Waals surface area contributed by atoms with Crippen molar-refractivity contribution < 1.29 is 20.1 Å². The first-order valence-electron chi connectivity index (χ1n) is 8.88. The minimum atomic E-state index is 0. The van der Waals surface area contributed by atoms with E-state index in [4.69, 9.17) is 11.8 Å². The summed E-state index contributed by atoms with van der Waals surface area (Å²) in [5.74, 6) is 0. The van der Waals surface area contributed by atoms with Crippen molar-refractivity contribution in [1.29, 1.82) is 5.26 Å². The minimum Gasteiger partial charge on any atom is -0.512 e. The topological polar surface area (TPSA) is 85.2 Å². The second-order valence-electron chi connectivity index (χ2n) is 5.70. The fourth-order valence-electron chi connectivity index (χ4n) is 2.50. The van der Waals surface area contributed by atoms with Gasteiger partial charge in [-0.15, -0.1) is 42.0 Å². The molecule has 7 nitrogen and oxygen atoms in total. The van der Waals surface area contributed by atoms with E-state index in [1.165, 1.54) is 0 Å². The van der Waals surface area contributed by atoms with Gasteiger partial charge in [-0.1, -0.05) is 24.5 Å². The van der Waals surface area contributed by atoms with Gasteiger partial charge in [-0.25, -0.2) is 0 Å². The standard InChI is InChI=1S/C11H8N5.C11H8N.CN.Ir/c1-3-13-15(5-1)10-7-11(9-12-8-10)16-6-2-4-14-16;1-2-6-10(7-3-1)11-8-4-5-9-12-11;1-2;/h1-6,8-9H;1-6,8-9H;;/q3*-1;+3. The molecule has 0 amide bonds. The molecule has 0 unspecified atom stereocenters. The summed E-state index contributed by atoms with van der Waals surface area (Å²) in [6, 6.07) is 23.7. The summed E-state index contributed by atoms with van der Waals surface area (Å²) in [4.78, 5) is 8.36. The molecular weight excluding hydrogens is 567 g/mol. The largest absolute Gasteiger partial charge is 3.00 e. The van der Waals surface area contributed by atoms with Gasteiger partial charge in [0.05, 0.1) is 0 Å². The van der Waals surface area contributed by atoms with E-state index in [0.29, 0.717) is 0 Å². The summed E-state index contributed by atoms with van der Waals surface area (Å²) in [6.07, 6.45) is 12.3. The van der Waals surface area contributed by atoms with Crippen LogP contribution in [-0.2, 0) is 20.1 Å². The first-order valence-corrected chi connectivity index (χ1v) is 8.88. The molecule has 0 aliphatic heterocycles. The molecule has 5 aromatic rings. The molecule has 0 saturated heterocycles. The van der Waals surface area contributed by atoms with Crippen molar-refractivity contribution in [3.63, 3.8) is 0 Å². The van der Waals surface area contributed by atoms with Gasteiger partial charge in [0.15, 0.2) is 0 Å². The number of hydrogen-bond acceptors (Lipinski definition) is 5. The van der Waals surface area contributed by atoms with Crippen LogP contribution < -0.4 is 0 Å². The van der Waals surface area contributed by atoms with E-state index in [1.807, 2.05) is 67.0 Å². The van der Waals surface area contributed by atoms with E-state index in [9.17, 15) is 0 Å². The van der Waals surface area contributed by atoms with Crippen LogP contribution in [0.3, 0.4) is 0 Å². The Morgan fingerprint density at radius 2 is 1.42 bits per heavy atom. The second kappa shape index (κ2) is 12.6. The molecule has 0 spiro atoms. The number of hydrogen-bond donors (Lipinski definition) is 0. The van der Waals surface area contributed by atoms with Crippen molar-refractivity contribution in [1.82, 2.24) is 29.5 Å². The van der Waals surface area contributed by atoms with Crippen LogP contribution in [0.2, 0.25) is 0 Å². The van der Waals surface area contributed by atoms with Crippen LogP contribution in [0.25, 0.3) is 22.6 Å². The van der Waals surface area contributed by atoms with Crippen molar-refractivity contribution >= 4 is 0 Å². The van der Waals surface area contributed by atoms with Crippen molar-refractivity contribution in [3.8, 4) is 22.6 Å². The molecule has 152 valence electrons. The maximum atomic E-state index is 6.25. The monoisotopic (exact) mass is 583 g/mol. The van der Waals surface area contributed by atoms with Crippen LogP contribution in [-0.4, -0.2) is 29.5 Å². The Hall–Kier alpha value is -3.92. The Morgan fingerprint density at radius 3 is 1.90 bits per heavy atom. The van der Waals surface area contributed by atoms with Gasteiger partial charge in [-0.2, -0.15) is 10.2 Å². The minimum absolute atomic E-state index is 0. The van der Waals surface area contributed by atoms with Crippen molar-refractivity contribution in [2.24, 2.45) is 0 Å². The van der Waals surface area contributed by atoms with E-state index in [1.54, 1.807) is 40.3 Å². The molecule has 0 aliphatic rings. The number of pyridine rings is 2. The van der Waals surface area contributed by atoms with E-state index < -0.39 is 0 Å². The Bertz CT molecular complexity index is 1050. The van der Waals surface area contributed by atoms with Gasteiger partial charge in [0.25, 0.3) is 0 Å². The SMILES string of the molecule is [C-]#N.[Ir+3].[c-]1c(-n2cccn2)cncc1-n1cccn1.[c-]1ccccc1-c1ccccn1. The predicted molar refractivity (Wildman–Crippen MR) is 111 cm³/mol. The molecule has 0 aliphatic carbocycles. The summed E-state index contributed by atoms with van der Waals surface area (Å²) in [5.41, 5.74) is 3.59. The van der Waals surface area contributed by atoms with Gasteiger partial charge in [-0.05, 0) is 35.3 Å². The van der Waals surface area contributed by atoms with Crippen molar-refractivity contribution in [2.45, 2.75) is 0 Å². The van der Waals surface area contributed by atoms with E-state index in [2.05, 4.69) is 32.3 Å². The summed E-state index contributed by atoms with van der Waals surface area (Å²) in [6.45, 7) is 4.75. The smallest absolute Gasteiger partial charge is 0.512 e.